The summed E-state index contributed by atoms with van der Waals surface area (Å²) in [4.78, 5) is 2.23. The molecule has 0 fully saturated rings. The van der Waals surface area contributed by atoms with E-state index in [0.717, 1.165) is 18.7 Å². The topological polar surface area (TPSA) is 12.5 Å². The molecule has 138 valence electrons. The van der Waals surface area contributed by atoms with Gasteiger partial charge in [0.25, 0.3) is 0 Å². The smallest absolute Gasteiger partial charge is 0.119 e. The Labute approximate surface area is 150 Å². The lowest BCUT2D eigenvalue weighted by Gasteiger charge is -2.22. The van der Waals surface area contributed by atoms with Gasteiger partial charge in [-0.2, -0.15) is 0 Å². The predicted molar refractivity (Wildman–Crippen MR) is 106 cm³/mol. The van der Waals surface area contributed by atoms with Crippen LogP contribution in [0.3, 0.4) is 0 Å². The second kappa shape index (κ2) is 14.3. The number of para-hydroxylation sites is 1. The lowest BCUT2D eigenvalue weighted by atomic mass is 10.0. The normalized spacial score (nSPS) is 12.5. The zero-order valence-electron chi connectivity index (χ0n) is 16.3. The van der Waals surface area contributed by atoms with Crippen molar-refractivity contribution in [3.05, 3.63) is 30.3 Å². The van der Waals surface area contributed by atoms with Gasteiger partial charge in [0.05, 0.1) is 0 Å². The summed E-state index contributed by atoms with van der Waals surface area (Å²) >= 11 is 0. The summed E-state index contributed by atoms with van der Waals surface area (Å²) in [6.07, 6.45) is 15.3. The van der Waals surface area contributed by atoms with E-state index in [1.807, 2.05) is 18.2 Å². The first kappa shape index (κ1) is 21.0. The third-order valence-corrected chi connectivity index (χ3v) is 4.49. The van der Waals surface area contributed by atoms with Gasteiger partial charge in [-0.1, -0.05) is 82.9 Å². The molecule has 0 aliphatic rings. The molecule has 0 radical (unpaired) electrons. The highest BCUT2D eigenvalue weighted by molar-refractivity contribution is 5.21. The molecule has 0 saturated heterocycles. The van der Waals surface area contributed by atoms with Crippen molar-refractivity contribution >= 4 is 0 Å². The van der Waals surface area contributed by atoms with Crippen molar-refractivity contribution in [2.75, 3.05) is 20.6 Å². The van der Waals surface area contributed by atoms with E-state index in [-0.39, 0.29) is 0 Å². The predicted octanol–water partition coefficient (Wildman–Crippen LogP) is 6.31. The Balaban J connectivity index is 2.10. The Bertz CT molecular complexity index is 377. The van der Waals surface area contributed by atoms with Gasteiger partial charge in [-0.05, 0) is 39.1 Å². The number of nitrogens with zero attached hydrogens (tertiary/aromatic N) is 1. The van der Waals surface area contributed by atoms with Crippen LogP contribution in [0.4, 0.5) is 0 Å². The molecule has 1 unspecified atom stereocenters. The summed E-state index contributed by atoms with van der Waals surface area (Å²) in [5.41, 5.74) is 0. The molecule has 2 nitrogen and oxygen atoms in total. The lowest BCUT2D eigenvalue weighted by molar-refractivity contribution is 0.148. The van der Waals surface area contributed by atoms with E-state index in [1.54, 1.807) is 0 Å². The SMILES string of the molecule is CCCCCCCCCCCCC(CN(C)C)Oc1ccccc1. The van der Waals surface area contributed by atoms with E-state index < -0.39 is 0 Å². The third-order valence-electron chi connectivity index (χ3n) is 4.49. The maximum absolute atomic E-state index is 6.17. The highest BCUT2D eigenvalue weighted by atomic mass is 16.5. The minimum atomic E-state index is 0.302. The van der Waals surface area contributed by atoms with Crippen LogP contribution >= 0.6 is 0 Å². The molecular weight excluding hydrogens is 294 g/mol. The average molecular weight is 334 g/mol. The summed E-state index contributed by atoms with van der Waals surface area (Å²) < 4.78 is 6.17. The fraction of sp³-hybridized carbons (Fsp3) is 0.727. The molecular formula is C22H39NO. The van der Waals surface area contributed by atoms with Crippen LogP contribution in [0.5, 0.6) is 5.75 Å². The number of hydrogen-bond donors (Lipinski definition) is 0. The first-order valence-corrected chi connectivity index (χ1v) is 10.1. The Hall–Kier alpha value is -1.02. The molecule has 24 heavy (non-hydrogen) atoms. The van der Waals surface area contributed by atoms with Crippen molar-refractivity contribution < 1.29 is 4.74 Å². The largest absolute Gasteiger partial charge is 0.489 e. The van der Waals surface area contributed by atoms with Crippen molar-refractivity contribution in [2.45, 2.75) is 83.7 Å². The highest BCUT2D eigenvalue weighted by Crippen LogP contribution is 2.16. The number of unbranched alkanes of at least 4 members (excludes halogenated alkanes) is 9. The minimum absolute atomic E-state index is 0.302. The van der Waals surface area contributed by atoms with Crippen LogP contribution in [0.2, 0.25) is 0 Å². The second-order valence-electron chi connectivity index (χ2n) is 7.29. The molecule has 0 amide bonds. The molecule has 1 aromatic carbocycles. The van der Waals surface area contributed by atoms with Gasteiger partial charge in [0.1, 0.15) is 11.9 Å². The molecule has 0 heterocycles. The monoisotopic (exact) mass is 333 g/mol. The van der Waals surface area contributed by atoms with Crippen molar-refractivity contribution in [2.24, 2.45) is 0 Å². The average Bonchev–Trinajstić information content (AvgIpc) is 2.57. The van der Waals surface area contributed by atoms with Gasteiger partial charge in [0, 0.05) is 6.54 Å². The molecule has 0 N–H and O–H groups in total. The Morgan fingerprint density at radius 2 is 1.33 bits per heavy atom. The van der Waals surface area contributed by atoms with E-state index >= 15 is 0 Å². The van der Waals surface area contributed by atoms with Crippen LogP contribution in [0.25, 0.3) is 0 Å². The van der Waals surface area contributed by atoms with Crippen molar-refractivity contribution in [1.82, 2.24) is 4.90 Å². The first-order chi connectivity index (χ1) is 11.7. The molecule has 0 aliphatic carbocycles. The van der Waals surface area contributed by atoms with Gasteiger partial charge in [-0.15, -0.1) is 0 Å². The number of rotatable bonds is 15. The maximum Gasteiger partial charge on any atom is 0.119 e. The first-order valence-electron chi connectivity index (χ1n) is 10.1. The van der Waals surface area contributed by atoms with E-state index in [2.05, 4.69) is 38.1 Å². The van der Waals surface area contributed by atoms with Gasteiger partial charge < -0.3 is 9.64 Å². The van der Waals surface area contributed by atoms with Gasteiger partial charge >= 0.3 is 0 Å². The molecule has 0 saturated carbocycles. The summed E-state index contributed by atoms with van der Waals surface area (Å²) in [5.74, 6) is 0.997. The van der Waals surface area contributed by atoms with Gasteiger partial charge in [-0.25, -0.2) is 0 Å². The van der Waals surface area contributed by atoms with Crippen LogP contribution in [0, 0.1) is 0 Å². The van der Waals surface area contributed by atoms with Crippen LogP contribution in [-0.4, -0.2) is 31.6 Å². The van der Waals surface area contributed by atoms with E-state index in [4.69, 9.17) is 4.74 Å². The van der Waals surface area contributed by atoms with Crippen LogP contribution in [-0.2, 0) is 0 Å². The van der Waals surface area contributed by atoms with Crippen LogP contribution in [0.1, 0.15) is 77.6 Å². The Morgan fingerprint density at radius 1 is 0.792 bits per heavy atom. The van der Waals surface area contributed by atoms with Gasteiger partial charge in [0.2, 0.25) is 0 Å². The van der Waals surface area contributed by atoms with Gasteiger partial charge in [-0.3, -0.25) is 0 Å². The fourth-order valence-corrected chi connectivity index (χ4v) is 3.15. The van der Waals surface area contributed by atoms with Crippen molar-refractivity contribution in [1.29, 1.82) is 0 Å². The Kier molecular flexibility index (Phi) is 12.6. The minimum Gasteiger partial charge on any atom is -0.489 e. The molecule has 2 heteroatoms. The maximum atomic E-state index is 6.17. The number of ether oxygens (including phenoxy) is 1. The number of hydrogen-bond acceptors (Lipinski definition) is 2. The van der Waals surface area contributed by atoms with Gasteiger partial charge in [0.15, 0.2) is 0 Å². The molecule has 0 aromatic heterocycles. The lowest BCUT2D eigenvalue weighted by Crippen LogP contribution is -2.30. The van der Waals surface area contributed by atoms with Crippen molar-refractivity contribution in [3.63, 3.8) is 0 Å². The van der Waals surface area contributed by atoms with Crippen molar-refractivity contribution in [3.8, 4) is 5.75 Å². The standard InChI is InChI=1S/C22H39NO/c1-4-5-6-7-8-9-10-11-12-14-19-22(20-23(2)3)24-21-17-15-13-16-18-21/h13,15-18,22H,4-12,14,19-20H2,1-3H3. The molecule has 0 aliphatic heterocycles. The molecule has 0 bridgehead atoms. The fourth-order valence-electron chi connectivity index (χ4n) is 3.15. The molecule has 0 spiro atoms. The number of benzene rings is 1. The summed E-state index contributed by atoms with van der Waals surface area (Å²) in [5, 5.41) is 0. The zero-order chi connectivity index (χ0) is 17.5. The zero-order valence-corrected chi connectivity index (χ0v) is 16.3. The Morgan fingerprint density at radius 3 is 1.88 bits per heavy atom. The summed E-state index contributed by atoms with van der Waals surface area (Å²) in [6, 6.07) is 10.2. The van der Waals surface area contributed by atoms with E-state index in [9.17, 15) is 0 Å². The molecule has 1 rings (SSSR count). The van der Waals surface area contributed by atoms with E-state index in [0.29, 0.717) is 6.10 Å². The van der Waals surface area contributed by atoms with Crippen LogP contribution < -0.4 is 4.74 Å². The molecule has 1 aromatic rings. The quantitative estimate of drug-likeness (QED) is 0.349. The third kappa shape index (κ3) is 11.5. The highest BCUT2D eigenvalue weighted by Gasteiger charge is 2.11. The molecule has 1 atom stereocenters. The number of likely N-dealkylation sites (N-methyl/N-ethyl adjacent to an activating group) is 1. The summed E-state index contributed by atoms with van der Waals surface area (Å²) in [6.45, 7) is 3.28. The van der Waals surface area contributed by atoms with Crippen LogP contribution in [0.15, 0.2) is 30.3 Å². The second-order valence-corrected chi connectivity index (χ2v) is 7.29. The summed E-state index contributed by atoms with van der Waals surface area (Å²) in [7, 11) is 4.25. The van der Waals surface area contributed by atoms with E-state index in [1.165, 1.54) is 64.2 Å².